The number of rotatable bonds is 5. The SMILES string of the molecule is Cc1c(Br)c([N+](=O)[O-])nn1C(C)C(=O)NCc1nc2ccccc2[nH]1. The van der Waals surface area contributed by atoms with E-state index in [9.17, 15) is 14.9 Å². The number of nitrogens with zero attached hydrogens (tertiary/aromatic N) is 4. The zero-order chi connectivity index (χ0) is 18.1. The molecule has 0 aliphatic heterocycles. The monoisotopic (exact) mass is 406 g/mol. The van der Waals surface area contributed by atoms with Gasteiger partial charge in [0.2, 0.25) is 5.91 Å². The highest BCUT2D eigenvalue weighted by Gasteiger charge is 2.29. The van der Waals surface area contributed by atoms with Crippen LogP contribution in [0, 0.1) is 17.0 Å². The van der Waals surface area contributed by atoms with E-state index >= 15 is 0 Å². The van der Waals surface area contributed by atoms with Gasteiger partial charge in [0, 0.05) is 0 Å². The van der Waals surface area contributed by atoms with E-state index in [1.807, 2.05) is 24.3 Å². The van der Waals surface area contributed by atoms with Crippen molar-refractivity contribution in [3.63, 3.8) is 0 Å². The van der Waals surface area contributed by atoms with Crippen LogP contribution in [0.1, 0.15) is 24.5 Å². The predicted octanol–water partition coefficient (Wildman–Crippen LogP) is 2.62. The van der Waals surface area contributed by atoms with Crippen molar-refractivity contribution in [1.82, 2.24) is 25.1 Å². The number of benzene rings is 1. The zero-order valence-corrected chi connectivity index (χ0v) is 15.1. The van der Waals surface area contributed by atoms with Gasteiger partial charge in [0.15, 0.2) is 0 Å². The number of amides is 1. The second-order valence-electron chi connectivity index (χ2n) is 5.52. The zero-order valence-electron chi connectivity index (χ0n) is 13.5. The fraction of sp³-hybridized carbons (Fsp3) is 0.267. The number of imidazole rings is 1. The molecule has 0 saturated heterocycles. The molecule has 1 unspecified atom stereocenters. The molecular formula is C15H15BrN6O3. The third kappa shape index (κ3) is 3.25. The lowest BCUT2D eigenvalue weighted by molar-refractivity contribution is -0.390. The Hall–Kier alpha value is -2.75. The molecule has 2 N–H and O–H groups in total. The molecule has 0 spiro atoms. The number of para-hydroxylation sites is 2. The molecule has 9 nitrogen and oxygen atoms in total. The van der Waals surface area contributed by atoms with Gasteiger partial charge < -0.3 is 20.4 Å². The van der Waals surface area contributed by atoms with Crippen molar-refractivity contribution < 1.29 is 9.72 Å². The molecule has 0 radical (unpaired) electrons. The molecule has 0 aliphatic rings. The lowest BCUT2D eigenvalue weighted by Crippen LogP contribution is -2.31. The topological polar surface area (TPSA) is 119 Å². The maximum atomic E-state index is 12.4. The van der Waals surface area contributed by atoms with E-state index in [2.05, 4.69) is 36.3 Å². The van der Waals surface area contributed by atoms with Crippen LogP contribution >= 0.6 is 15.9 Å². The Kier molecular flexibility index (Phi) is 4.53. The lowest BCUT2D eigenvalue weighted by Gasteiger charge is -2.10. The van der Waals surface area contributed by atoms with E-state index in [1.54, 1.807) is 13.8 Å². The molecule has 0 saturated carbocycles. The summed E-state index contributed by atoms with van der Waals surface area (Å²) in [6.45, 7) is 3.51. The van der Waals surface area contributed by atoms with E-state index in [4.69, 9.17) is 0 Å². The summed E-state index contributed by atoms with van der Waals surface area (Å²) in [5.74, 6) is 0.00832. The molecular weight excluding hydrogens is 392 g/mol. The molecule has 3 aromatic rings. The van der Waals surface area contributed by atoms with Gasteiger partial charge in [-0.15, -0.1) is 0 Å². The Morgan fingerprint density at radius 3 is 2.84 bits per heavy atom. The molecule has 1 amide bonds. The van der Waals surface area contributed by atoms with Gasteiger partial charge >= 0.3 is 5.82 Å². The van der Waals surface area contributed by atoms with E-state index in [1.165, 1.54) is 4.68 Å². The maximum absolute atomic E-state index is 12.4. The summed E-state index contributed by atoms with van der Waals surface area (Å²) < 4.78 is 1.60. The van der Waals surface area contributed by atoms with Gasteiger partial charge in [-0.05, 0) is 46.8 Å². The maximum Gasteiger partial charge on any atom is 0.404 e. The van der Waals surface area contributed by atoms with Gasteiger partial charge in [0.1, 0.15) is 16.3 Å². The minimum Gasteiger partial charge on any atom is -0.358 e. The Morgan fingerprint density at radius 2 is 2.20 bits per heavy atom. The van der Waals surface area contributed by atoms with Gasteiger partial charge in [-0.3, -0.25) is 4.79 Å². The van der Waals surface area contributed by atoms with Crippen LogP contribution in [-0.4, -0.2) is 30.6 Å². The van der Waals surface area contributed by atoms with Crippen LogP contribution in [0.25, 0.3) is 11.0 Å². The van der Waals surface area contributed by atoms with Crippen LogP contribution < -0.4 is 5.32 Å². The number of hydrogen-bond donors (Lipinski definition) is 2. The van der Waals surface area contributed by atoms with Gasteiger partial charge in [-0.2, -0.15) is 4.68 Å². The highest BCUT2D eigenvalue weighted by atomic mass is 79.9. The van der Waals surface area contributed by atoms with Crippen molar-refractivity contribution in [3.8, 4) is 0 Å². The molecule has 1 aromatic carbocycles. The van der Waals surface area contributed by atoms with Crippen LogP contribution in [-0.2, 0) is 11.3 Å². The van der Waals surface area contributed by atoms with Gasteiger partial charge in [-0.25, -0.2) is 4.98 Å². The van der Waals surface area contributed by atoms with Crippen molar-refractivity contribution in [2.24, 2.45) is 0 Å². The minimum absolute atomic E-state index is 0.224. The van der Waals surface area contributed by atoms with E-state index in [0.717, 1.165) is 11.0 Å². The molecule has 0 fully saturated rings. The number of aromatic nitrogens is 4. The van der Waals surface area contributed by atoms with Gasteiger partial charge in [0.05, 0.1) is 28.4 Å². The smallest absolute Gasteiger partial charge is 0.358 e. The lowest BCUT2D eigenvalue weighted by atomic mass is 10.3. The van der Waals surface area contributed by atoms with Crippen molar-refractivity contribution in [2.75, 3.05) is 0 Å². The number of nitro groups is 1. The van der Waals surface area contributed by atoms with Crippen molar-refractivity contribution >= 4 is 38.7 Å². The Labute approximate surface area is 150 Å². The first kappa shape index (κ1) is 17.1. The van der Waals surface area contributed by atoms with Crippen LogP contribution in [0.3, 0.4) is 0 Å². The molecule has 1 atom stereocenters. The summed E-state index contributed by atoms with van der Waals surface area (Å²) in [6, 6.07) is 6.87. The molecule has 10 heteroatoms. The van der Waals surface area contributed by atoms with Crippen molar-refractivity contribution in [1.29, 1.82) is 0 Å². The average Bonchev–Trinajstić information content (AvgIpc) is 3.13. The highest BCUT2D eigenvalue weighted by Crippen LogP contribution is 2.29. The number of nitrogens with one attached hydrogen (secondary N) is 2. The number of carbonyl (C=O) groups is 1. The van der Waals surface area contributed by atoms with Crippen LogP contribution in [0.4, 0.5) is 5.82 Å². The fourth-order valence-electron chi connectivity index (χ4n) is 2.50. The summed E-state index contributed by atoms with van der Waals surface area (Å²) in [5, 5.41) is 17.6. The first-order chi connectivity index (χ1) is 11.9. The predicted molar refractivity (Wildman–Crippen MR) is 94.0 cm³/mol. The largest absolute Gasteiger partial charge is 0.404 e. The number of H-pyrrole nitrogens is 1. The third-order valence-electron chi connectivity index (χ3n) is 3.85. The average molecular weight is 407 g/mol. The minimum atomic E-state index is -0.700. The first-order valence-electron chi connectivity index (χ1n) is 7.48. The third-order valence-corrected chi connectivity index (χ3v) is 4.78. The van der Waals surface area contributed by atoms with Crippen LogP contribution in [0.2, 0.25) is 0 Å². The summed E-state index contributed by atoms with van der Waals surface area (Å²) in [7, 11) is 0. The number of fused-ring (bicyclic) bond motifs is 1. The molecule has 0 bridgehead atoms. The van der Waals surface area contributed by atoms with Gasteiger partial charge in [-0.1, -0.05) is 12.1 Å². The number of aromatic amines is 1. The molecule has 25 heavy (non-hydrogen) atoms. The molecule has 3 rings (SSSR count). The number of hydrogen-bond acceptors (Lipinski definition) is 5. The second kappa shape index (κ2) is 6.63. The second-order valence-corrected chi connectivity index (χ2v) is 6.31. The fourth-order valence-corrected chi connectivity index (χ4v) is 2.90. The Morgan fingerprint density at radius 1 is 1.48 bits per heavy atom. The summed E-state index contributed by atoms with van der Waals surface area (Å²) >= 11 is 3.14. The summed E-state index contributed by atoms with van der Waals surface area (Å²) in [6.07, 6.45) is 0. The number of carbonyl (C=O) groups excluding carboxylic acids is 1. The molecule has 0 aliphatic carbocycles. The highest BCUT2D eigenvalue weighted by molar-refractivity contribution is 9.10. The first-order valence-corrected chi connectivity index (χ1v) is 8.28. The van der Waals surface area contributed by atoms with Crippen LogP contribution in [0.15, 0.2) is 28.7 Å². The quantitative estimate of drug-likeness (QED) is 0.498. The van der Waals surface area contributed by atoms with E-state index in [0.29, 0.717) is 11.5 Å². The molecule has 130 valence electrons. The van der Waals surface area contributed by atoms with Gasteiger partial charge in [0.25, 0.3) is 0 Å². The molecule has 2 heterocycles. The standard InChI is InChI=1S/C15H15BrN6O3/c1-8-13(16)14(22(24)25)20-21(8)9(2)15(23)17-7-12-18-10-5-3-4-6-11(10)19-12/h3-6,9H,7H2,1-2H3,(H,17,23)(H,18,19). The summed E-state index contributed by atoms with van der Waals surface area (Å²) in [4.78, 5) is 30.3. The van der Waals surface area contributed by atoms with Crippen LogP contribution in [0.5, 0.6) is 0 Å². The molecule has 2 aromatic heterocycles. The van der Waals surface area contributed by atoms with E-state index < -0.39 is 11.0 Å². The van der Waals surface area contributed by atoms with Crippen molar-refractivity contribution in [2.45, 2.75) is 26.4 Å². The van der Waals surface area contributed by atoms with Crippen molar-refractivity contribution in [3.05, 3.63) is 50.4 Å². The van der Waals surface area contributed by atoms with E-state index in [-0.39, 0.29) is 22.7 Å². The number of halogens is 1. The summed E-state index contributed by atoms with van der Waals surface area (Å²) in [5.41, 5.74) is 2.22. The normalized spacial score (nSPS) is 12.3. The Bertz CT molecular complexity index is 930. The Balaban J connectivity index is 1.72.